The average molecular weight is 549 g/mol. The van der Waals surface area contributed by atoms with E-state index < -0.39 is 29.4 Å². The van der Waals surface area contributed by atoms with Crippen molar-refractivity contribution in [1.82, 2.24) is 4.98 Å². The number of methoxy groups -OCH3 is 1. The van der Waals surface area contributed by atoms with Gasteiger partial charge in [0, 0.05) is 42.7 Å². The van der Waals surface area contributed by atoms with Gasteiger partial charge in [-0.25, -0.2) is 4.98 Å². The molecule has 204 valence electrons. The van der Waals surface area contributed by atoms with Crippen LogP contribution in [0.5, 0.6) is 5.75 Å². The molecule has 39 heavy (non-hydrogen) atoms. The van der Waals surface area contributed by atoms with Gasteiger partial charge < -0.3 is 19.4 Å². The molecule has 3 aromatic carbocycles. The third-order valence-corrected chi connectivity index (χ3v) is 5.67. The predicted molar refractivity (Wildman–Crippen MR) is 133 cm³/mol. The quantitative estimate of drug-likeness (QED) is 0.254. The summed E-state index contributed by atoms with van der Waals surface area (Å²) in [6, 6.07) is 13.5. The van der Waals surface area contributed by atoms with E-state index in [-0.39, 0.29) is 34.3 Å². The summed E-state index contributed by atoms with van der Waals surface area (Å²) in [6.45, 7) is 0. The van der Waals surface area contributed by atoms with Gasteiger partial charge in [0.05, 0.1) is 18.2 Å². The van der Waals surface area contributed by atoms with Crippen LogP contribution in [-0.4, -0.2) is 32.1 Å². The molecule has 0 bridgehead atoms. The van der Waals surface area contributed by atoms with E-state index in [1.165, 1.54) is 13.2 Å². The molecule has 0 aliphatic carbocycles. The second-order valence-corrected chi connectivity index (χ2v) is 8.62. The standard InChI is InChI=1S/C27H21F6N3O3/c1-36(2)20-10-6-15(7-11-20)23-22(35-25(39-23)16-4-8-17(9-5-16)26(28,29)30)24(37)34-19-12-18(27(31,32)33)13-21(14-19)38-3/h4-14H,1-3H3,(H,34,37). The number of amides is 1. The van der Waals surface area contributed by atoms with E-state index in [4.69, 9.17) is 9.15 Å². The van der Waals surface area contributed by atoms with Gasteiger partial charge in [-0.15, -0.1) is 0 Å². The van der Waals surface area contributed by atoms with E-state index in [1.807, 2.05) is 19.0 Å². The van der Waals surface area contributed by atoms with E-state index in [9.17, 15) is 31.1 Å². The lowest BCUT2D eigenvalue weighted by Gasteiger charge is -2.13. The number of rotatable bonds is 6. The minimum absolute atomic E-state index is 0.0216. The Morgan fingerprint density at radius 3 is 1.97 bits per heavy atom. The molecule has 0 atom stereocenters. The summed E-state index contributed by atoms with van der Waals surface area (Å²) < 4.78 is 89.8. The smallest absolute Gasteiger partial charge is 0.416 e. The van der Waals surface area contributed by atoms with Crippen molar-refractivity contribution in [2.24, 2.45) is 0 Å². The van der Waals surface area contributed by atoms with Gasteiger partial charge in [0.15, 0.2) is 11.5 Å². The molecule has 0 unspecified atom stereocenters. The molecule has 1 heterocycles. The number of carbonyl (C=O) groups excluding carboxylic acids is 1. The number of ether oxygens (including phenoxy) is 1. The van der Waals surface area contributed by atoms with Crippen LogP contribution in [0.4, 0.5) is 37.7 Å². The number of aromatic nitrogens is 1. The number of nitrogens with zero attached hydrogens (tertiary/aromatic N) is 2. The van der Waals surface area contributed by atoms with Gasteiger partial charge >= 0.3 is 12.4 Å². The maximum atomic E-state index is 13.3. The molecule has 4 aromatic rings. The summed E-state index contributed by atoms with van der Waals surface area (Å²) in [6.07, 6.45) is -9.25. The molecular weight excluding hydrogens is 528 g/mol. The lowest BCUT2D eigenvalue weighted by atomic mass is 10.1. The third kappa shape index (κ3) is 6.16. The zero-order valence-electron chi connectivity index (χ0n) is 20.7. The molecule has 0 aliphatic rings. The number of benzene rings is 3. The highest BCUT2D eigenvalue weighted by molar-refractivity contribution is 6.07. The molecule has 4 rings (SSSR count). The third-order valence-electron chi connectivity index (χ3n) is 5.67. The highest BCUT2D eigenvalue weighted by Gasteiger charge is 2.32. The molecule has 0 fully saturated rings. The minimum atomic E-state index is -4.70. The Labute approximate surface area is 218 Å². The van der Waals surface area contributed by atoms with E-state index >= 15 is 0 Å². The van der Waals surface area contributed by atoms with Crippen molar-refractivity contribution >= 4 is 17.3 Å². The van der Waals surface area contributed by atoms with Crippen molar-refractivity contribution in [3.63, 3.8) is 0 Å². The van der Waals surface area contributed by atoms with Crippen LogP contribution >= 0.6 is 0 Å². The molecule has 1 aromatic heterocycles. The SMILES string of the molecule is COc1cc(NC(=O)c2nc(-c3ccc(C(F)(F)F)cc3)oc2-c2ccc(N(C)C)cc2)cc(C(F)(F)F)c1. The van der Waals surface area contributed by atoms with Crippen LogP contribution in [0.25, 0.3) is 22.8 Å². The first-order valence-corrected chi connectivity index (χ1v) is 11.3. The van der Waals surface area contributed by atoms with E-state index in [0.29, 0.717) is 5.56 Å². The van der Waals surface area contributed by atoms with Gasteiger partial charge in [0.2, 0.25) is 5.89 Å². The summed E-state index contributed by atoms with van der Waals surface area (Å²) >= 11 is 0. The van der Waals surface area contributed by atoms with Gasteiger partial charge in [-0.3, -0.25) is 4.79 Å². The molecule has 0 radical (unpaired) electrons. The number of anilines is 2. The highest BCUT2D eigenvalue weighted by atomic mass is 19.4. The Bertz CT molecular complexity index is 1470. The van der Waals surface area contributed by atoms with Crippen LogP contribution in [-0.2, 0) is 12.4 Å². The molecule has 12 heteroatoms. The molecule has 0 aliphatic heterocycles. The first-order chi connectivity index (χ1) is 18.3. The largest absolute Gasteiger partial charge is 0.497 e. The fourth-order valence-electron chi connectivity index (χ4n) is 3.65. The van der Waals surface area contributed by atoms with Crippen molar-refractivity contribution in [2.75, 3.05) is 31.4 Å². The summed E-state index contributed by atoms with van der Waals surface area (Å²) in [5.74, 6) is -1.20. The Kier molecular flexibility index (Phi) is 7.31. The van der Waals surface area contributed by atoms with Gasteiger partial charge in [-0.05, 0) is 60.7 Å². The van der Waals surface area contributed by atoms with Crippen LogP contribution in [0.1, 0.15) is 21.6 Å². The van der Waals surface area contributed by atoms with Crippen LogP contribution in [0, 0.1) is 0 Å². The van der Waals surface area contributed by atoms with Gasteiger partial charge in [0.25, 0.3) is 5.91 Å². The van der Waals surface area contributed by atoms with Crippen molar-refractivity contribution in [3.8, 4) is 28.5 Å². The first-order valence-electron chi connectivity index (χ1n) is 11.3. The number of carbonyl (C=O) groups is 1. The summed E-state index contributed by atoms with van der Waals surface area (Å²) in [5, 5.41) is 2.38. The molecule has 1 amide bonds. The number of alkyl halides is 6. The topological polar surface area (TPSA) is 67.6 Å². The normalized spacial score (nSPS) is 11.8. The van der Waals surface area contributed by atoms with Gasteiger partial charge in [-0.1, -0.05) is 0 Å². The summed E-state index contributed by atoms with van der Waals surface area (Å²) in [5.41, 5.74) is -0.996. The Hall–Kier alpha value is -4.48. The van der Waals surface area contributed by atoms with Crippen molar-refractivity contribution < 1.29 is 40.3 Å². The summed E-state index contributed by atoms with van der Waals surface area (Å²) in [4.78, 5) is 19.3. The first kappa shape index (κ1) is 27.6. The van der Waals surface area contributed by atoms with E-state index in [0.717, 1.165) is 42.1 Å². The van der Waals surface area contributed by atoms with Crippen LogP contribution < -0.4 is 15.0 Å². The zero-order chi connectivity index (χ0) is 28.5. The number of hydrogen-bond donors (Lipinski definition) is 1. The average Bonchev–Trinajstić information content (AvgIpc) is 3.33. The molecule has 0 saturated carbocycles. The van der Waals surface area contributed by atoms with Gasteiger partial charge in [-0.2, -0.15) is 26.3 Å². The van der Waals surface area contributed by atoms with E-state index in [1.54, 1.807) is 24.3 Å². The second kappa shape index (κ2) is 10.4. The van der Waals surface area contributed by atoms with Crippen molar-refractivity contribution in [1.29, 1.82) is 0 Å². The van der Waals surface area contributed by atoms with Crippen LogP contribution in [0.15, 0.2) is 71.1 Å². The lowest BCUT2D eigenvalue weighted by Crippen LogP contribution is -2.15. The zero-order valence-corrected chi connectivity index (χ0v) is 20.7. The number of nitrogens with one attached hydrogen (secondary N) is 1. The van der Waals surface area contributed by atoms with Crippen LogP contribution in [0.3, 0.4) is 0 Å². The fourth-order valence-corrected chi connectivity index (χ4v) is 3.65. The maximum absolute atomic E-state index is 13.3. The second-order valence-electron chi connectivity index (χ2n) is 8.62. The maximum Gasteiger partial charge on any atom is 0.416 e. The van der Waals surface area contributed by atoms with Gasteiger partial charge in [0.1, 0.15) is 5.75 Å². The summed E-state index contributed by atoms with van der Waals surface area (Å²) in [7, 11) is 4.84. The number of hydrogen-bond acceptors (Lipinski definition) is 5. The molecule has 1 N–H and O–H groups in total. The molecule has 0 saturated heterocycles. The molecular formula is C27H21F6N3O3. The molecule has 0 spiro atoms. The molecule has 6 nitrogen and oxygen atoms in total. The van der Waals surface area contributed by atoms with Crippen molar-refractivity contribution in [2.45, 2.75) is 12.4 Å². The Morgan fingerprint density at radius 2 is 1.44 bits per heavy atom. The van der Waals surface area contributed by atoms with Crippen LogP contribution in [0.2, 0.25) is 0 Å². The Morgan fingerprint density at radius 1 is 0.846 bits per heavy atom. The monoisotopic (exact) mass is 549 g/mol. The number of halogens is 6. The fraction of sp³-hybridized carbons (Fsp3) is 0.185. The highest BCUT2D eigenvalue weighted by Crippen LogP contribution is 2.36. The predicted octanol–water partition coefficient (Wildman–Crippen LogP) is 7.37. The lowest BCUT2D eigenvalue weighted by molar-refractivity contribution is -0.138. The minimum Gasteiger partial charge on any atom is -0.497 e. The van der Waals surface area contributed by atoms with E-state index in [2.05, 4.69) is 10.3 Å². The Balaban J connectivity index is 1.76. The number of oxazole rings is 1. The van der Waals surface area contributed by atoms with Crippen molar-refractivity contribution in [3.05, 3.63) is 83.6 Å².